The number of aryl methyl sites for hydroxylation is 1. The van der Waals surface area contributed by atoms with Crippen molar-refractivity contribution in [3.05, 3.63) is 65.0 Å². The molecule has 1 aromatic heterocycles. The van der Waals surface area contributed by atoms with E-state index < -0.39 is 17.7 Å². The van der Waals surface area contributed by atoms with Crippen LogP contribution in [0.4, 0.5) is 0 Å². The van der Waals surface area contributed by atoms with E-state index in [1.54, 1.807) is 41.6 Å². The van der Waals surface area contributed by atoms with Gasteiger partial charge in [-0.3, -0.25) is 14.6 Å². The zero-order valence-electron chi connectivity index (χ0n) is 20.6. The first-order chi connectivity index (χ1) is 16.4. The summed E-state index contributed by atoms with van der Waals surface area (Å²) in [4.78, 5) is 34.2. The van der Waals surface area contributed by atoms with Crippen molar-refractivity contribution in [2.75, 3.05) is 32.8 Å². The summed E-state index contributed by atoms with van der Waals surface area (Å²) >= 11 is 0. The lowest BCUT2D eigenvalue weighted by Crippen LogP contribution is -2.38. The number of ketones is 1. The van der Waals surface area contributed by atoms with Crippen LogP contribution in [0.1, 0.15) is 56.3 Å². The number of aliphatic hydroxyl groups is 1. The molecule has 0 bridgehead atoms. The minimum atomic E-state index is -0.690. The van der Waals surface area contributed by atoms with E-state index in [0.29, 0.717) is 30.8 Å². The van der Waals surface area contributed by atoms with E-state index in [4.69, 9.17) is 4.74 Å². The predicted molar refractivity (Wildman–Crippen MR) is 133 cm³/mol. The minimum Gasteiger partial charge on any atom is -0.507 e. The Balaban J connectivity index is 2.00. The molecule has 1 aliphatic rings. The number of hydrogen-bond donors (Lipinski definition) is 1. The van der Waals surface area contributed by atoms with Crippen LogP contribution in [-0.2, 0) is 9.59 Å². The van der Waals surface area contributed by atoms with Crippen LogP contribution in [0.15, 0.2) is 48.3 Å². The van der Waals surface area contributed by atoms with Gasteiger partial charge in [0.15, 0.2) is 0 Å². The highest BCUT2D eigenvalue weighted by molar-refractivity contribution is 6.46. The van der Waals surface area contributed by atoms with Crippen molar-refractivity contribution in [1.82, 2.24) is 14.8 Å². The number of carbonyl (C=O) groups excluding carboxylic acids is 2. The SMILES string of the molecule is CCCCOc1ccc(C(O)=C2C(=O)C(=O)N(CCN(CC)CC)C2c2cccnc2)cc1C. The van der Waals surface area contributed by atoms with Gasteiger partial charge in [-0.05, 0) is 61.8 Å². The highest BCUT2D eigenvalue weighted by atomic mass is 16.5. The van der Waals surface area contributed by atoms with E-state index in [0.717, 1.165) is 37.2 Å². The molecule has 3 rings (SSSR count). The molecule has 182 valence electrons. The zero-order valence-corrected chi connectivity index (χ0v) is 20.6. The van der Waals surface area contributed by atoms with E-state index in [-0.39, 0.29) is 11.3 Å². The lowest BCUT2D eigenvalue weighted by Gasteiger charge is -2.28. The molecule has 0 saturated carbocycles. The van der Waals surface area contributed by atoms with Gasteiger partial charge in [0.25, 0.3) is 11.7 Å². The zero-order chi connectivity index (χ0) is 24.7. The smallest absolute Gasteiger partial charge is 0.295 e. The summed E-state index contributed by atoms with van der Waals surface area (Å²) in [5, 5.41) is 11.3. The third-order valence-corrected chi connectivity index (χ3v) is 6.30. The molecule has 0 aliphatic carbocycles. The largest absolute Gasteiger partial charge is 0.507 e. The van der Waals surface area contributed by atoms with Crippen molar-refractivity contribution in [3.63, 3.8) is 0 Å². The van der Waals surface area contributed by atoms with Crippen molar-refractivity contribution in [2.45, 2.75) is 46.6 Å². The second kappa shape index (κ2) is 11.8. The van der Waals surface area contributed by atoms with E-state index >= 15 is 0 Å². The van der Waals surface area contributed by atoms with Crippen LogP contribution in [0.5, 0.6) is 5.75 Å². The number of unbranched alkanes of at least 4 members (excludes halogenated alkanes) is 1. The van der Waals surface area contributed by atoms with Gasteiger partial charge in [0.1, 0.15) is 11.5 Å². The molecule has 1 atom stereocenters. The number of likely N-dealkylation sites (N-methyl/N-ethyl adjacent to an activating group) is 1. The summed E-state index contributed by atoms with van der Waals surface area (Å²) in [5.74, 6) is -0.708. The maximum Gasteiger partial charge on any atom is 0.295 e. The first-order valence-electron chi connectivity index (χ1n) is 12.1. The molecule has 7 nitrogen and oxygen atoms in total. The number of nitrogens with zero attached hydrogens (tertiary/aromatic N) is 3. The molecule has 1 fully saturated rings. The fourth-order valence-electron chi connectivity index (χ4n) is 4.22. The molecule has 0 radical (unpaired) electrons. The third kappa shape index (κ3) is 5.47. The van der Waals surface area contributed by atoms with Crippen LogP contribution < -0.4 is 4.74 Å². The first-order valence-corrected chi connectivity index (χ1v) is 12.1. The normalized spacial score (nSPS) is 17.6. The molecule has 1 aromatic carbocycles. The molecule has 1 aliphatic heterocycles. The molecule has 1 unspecified atom stereocenters. The minimum absolute atomic E-state index is 0.0941. The highest BCUT2D eigenvalue weighted by Gasteiger charge is 2.46. The second-order valence-electron chi connectivity index (χ2n) is 8.49. The third-order valence-electron chi connectivity index (χ3n) is 6.30. The van der Waals surface area contributed by atoms with Gasteiger partial charge in [0.05, 0.1) is 18.2 Å². The quantitative estimate of drug-likeness (QED) is 0.230. The number of likely N-dealkylation sites (tertiary alicyclic amines) is 1. The van der Waals surface area contributed by atoms with E-state index in [9.17, 15) is 14.7 Å². The van der Waals surface area contributed by atoms with Crippen molar-refractivity contribution in [1.29, 1.82) is 0 Å². The Bertz CT molecular complexity index is 1030. The lowest BCUT2D eigenvalue weighted by molar-refractivity contribution is -0.140. The number of hydrogen-bond acceptors (Lipinski definition) is 6. The van der Waals surface area contributed by atoms with Crippen LogP contribution in [0, 0.1) is 6.92 Å². The standard InChI is InChI=1S/C27H35N3O4/c1-5-8-16-34-22-12-11-20(17-19(22)4)25(31)23-24(21-10-9-13-28-18-21)30(27(33)26(23)32)15-14-29(6-2)7-3/h9-13,17-18,24,31H,5-8,14-16H2,1-4H3. The van der Waals surface area contributed by atoms with Crippen LogP contribution in [0.25, 0.3) is 5.76 Å². The molecular formula is C27H35N3O4. The Morgan fingerprint density at radius 2 is 1.94 bits per heavy atom. The van der Waals surface area contributed by atoms with Gasteiger partial charge in [0, 0.05) is 31.0 Å². The average Bonchev–Trinajstić information content (AvgIpc) is 3.10. The van der Waals surface area contributed by atoms with Crippen LogP contribution in [0.2, 0.25) is 0 Å². The molecule has 1 amide bonds. The summed E-state index contributed by atoms with van der Waals surface area (Å²) in [6, 6.07) is 8.23. The molecule has 34 heavy (non-hydrogen) atoms. The Hall–Kier alpha value is -3.19. The van der Waals surface area contributed by atoms with Crippen molar-refractivity contribution in [2.24, 2.45) is 0 Å². The maximum absolute atomic E-state index is 13.2. The lowest BCUT2D eigenvalue weighted by atomic mass is 9.95. The second-order valence-corrected chi connectivity index (χ2v) is 8.49. The fraction of sp³-hybridized carbons (Fsp3) is 0.444. The van der Waals surface area contributed by atoms with E-state index in [2.05, 4.69) is 30.7 Å². The molecule has 0 spiro atoms. The first kappa shape index (κ1) is 25.4. The van der Waals surface area contributed by atoms with E-state index in [1.807, 2.05) is 13.0 Å². The summed E-state index contributed by atoms with van der Waals surface area (Å²) in [6.07, 6.45) is 5.29. The number of aromatic nitrogens is 1. The summed E-state index contributed by atoms with van der Waals surface area (Å²) < 4.78 is 5.82. The number of Topliss-reactive ketones (excluding diaryl/α,β-unsaturated/α-hetero) is 1. The van der Waals surface area contributed by atoms with Gasteiger partial charge in [0.2, 0.25) is 0 Å². The van der Waals surface area contributed by atoms with Gasteiger partial charge < -0.3 is 19.6 Å². The molecule has 7 heteroatoms. The molecule has 2 heterocycles. The van der Waals surface area contributed by atoms with Gasteiger partial charge >= 0.3 is 0 Å². The van der Waals surface area contributed by atoms with Crippen LogP contribution >= 0.6 is 0 Å². The summed E-state index contributed by atoms with van der Waals surface area (Å²) in [5.41, 5.74) is 2.13. The Morgan fingerprint density at radius 1 is 1.18 bits per heavy atom. The average molecular weight is 466 g/mol. The van der Waals surface area contributed by atoms with Gasteiger partial charge in [-0.15, -0.1) is 0 Å². The molecule has 1 N–H and O–H groups in total. The van der Waals surface area contributed by atoms with Crippen molar-refractivity contribution >= 4 is 17.4 Å². The van der Waals surface area contributed by atoms with Crippen molar-refractivity contribution in [3.8, 4) is 5.75 Å². The van der Waals surface area contributed by atoms with Crippen LogP contribution in [0.3, 0.4) is 0 Å². The number of benzene rings is 1. The van der Waals surface area contributed by atoms with E-state index in [1.165, 1.54) is 0 Å². The number of carbonyl (C=O) groups is 2. The molecule has 1 saturated heterocycles. The fourth-order valence-corrected chi connectivity index (χ4v) is 4.22. The Morgan fingerprint density at radius 3 is 2.56 bits per heavy atom. The number of aliphatic hydroxyl groups excluding tert-OH is 1. The predicted octanol–water partition coefficient (Wildman–Crippen LogP) is 4.33. The topological polar surface area (TPSA) is 83.0 Å². The maximum atomic E-state index is 13.2. The van der Waals surface area contributed by atoms with Gasteiger partial charge in [-0.25, -0.2) is 0 Å². The Kier molecular flexibility index (Phi) is 8.82. The number of ether oxygens (including phenoxy) is 1. The van der Waals surface area contributed by atoms with Crippen molar-refractivity contribution < 1.29 is 19.4 Å². The summed E-state index contributed by atoms with van der Waals surface area (Å²) in [6.45, 7) is 11.5. The number of rotatable bonds is 11. The monoisotopic (exact) mass is 465 g/mol. The van der Waals surface area contributed by atoms with Crippen LogP contribution in [-0.4, -0.2) is 64.4 Å². The number of pyridine rings is 1. The Labute approximate surface area is 202 Å². The van der Waals surface area contributed by atoms with Gasteiger partial charge in [-0.1, -0.05) is 33.3 Å². The number of amides is 1. The highest BCUT2D eigenvalue weighted by Crippen LogP contribution is 2.39. The summed E-state index contributed by atoms with van der Waals surface area (Å²) in [7, 11) is 0. The van der Waals surface area contributed by atoms with Gasteiger partial charge in [-0.2, -0.15) is 0 Å². The molecule has 2 aromatic rings. The molecular weight excluding hydrogens is 430 g/mol.